The lowest BCUT2D eigenvalue weighted by Crippen LogP contribution is -2.46. The van der Waals surface area contributed by atoms with E-state index in [1.165, 1.54) is 173 Å². The Morgan fingerprint density at radius 3 is 1.04 bits per heavy atom. The van der Waals surface area contributed by atoms with Gasteiger partial charge in [0.15, 0.2) is 0 Å². The molecule has 3 unspecified atom stereocenters. The fourth-order valence-corrected chi connectivity index (χ4v) is 6.70. The van der Waals surface area contributed by atoms with E-state index < -0.39 is 18.2 Å². The number of amides is 1. The molecule has 5 nitrogen and oxygen atoms in total. The highest BCUT2D eigenvalue weighted by Gasteiger charge is 2.21. The minimum Gasteiger partial charge on any atom is -0.394 e. The van der Waals surface area contributed by atoms with E-state index in [4.69, 9.17) is 0 Å². The molecule has 0 saturated carbocycles. The molecular weight excluding hydrogens is 570 g/mol. The van der Waals surface area contributed by atoms with Gasteiger partial charge in [0, 0.05) is 0 Å². The molecule has 0 aromatic heterocycles. The lowest BCUT2D eigenvalue weighted by Gasteiger charge is -2.23. The summed E-state index contributed by atoms with van der Waals surface area (Å²) in [4.78, 5) is 12.4. The second kappa shape index (κ2) is 37.2. The van der Waals surface area contributed by atoms with Crippen LogP contribution in [0.25, 0.3) is 0 Å². The monoisotopic (exact) mass is 654 g/mol. The van der Waals surface area contributed by atoms with E-state index in [-0.39, 0.29) is 18.9 Å². The fraction of sp³-hybridized carbons (Fsp3) is 0.976. The van der Waals surface area contributed by atoms with Crippen LogP contribution < -0.4 is 5.32 Å². The van der Waals surface area contributed by atoms with Crippen molar-refractivity contribution in [1.29, 1.82) is 0 Å². The van der Waals surface area contributed by atoms with Crippen LogP contribution in [0.2, 0.25) is 0 Å². The van der Waals surface area contributed by atoms with Gasteiger partial charge >= 0.3 is 0 Å². The topological polar surface area (TPSA) is 89.8 Å². The summed E-state index contributed by atoms with van der Waals surface area (Å²) in [5, 5.41) is 33.3. The van der Waals surface area contributed by atoms with E-state index in [1.54, 1.807) is 0 Å². The molecular formula is C41H83NO4. The Labute approximate surface area is 287 Å². The number of hydrogen-bond acceptors (Lipinski definition) is 4. The molecule has 0 aliphatic rings. The Bertz CT molecular complexity index is 601. The Hall–Kier alpha value is -0.650. The Balaban J connectivity index is 3.57. The highest BCUT2D eigenvalue weighted by Crippen LogP contribution is 2.17. The predicted octanol–water partition coefficient (Wildman–Crippen LogP) is 11.5. The second-order valence-corrected chi connectivity index (χ2v) is 14.6. The van der Waals surface area contributed by atoms with E-state index in [1.807, 2.05) is 0 Å². The molecule has 3 atom stereocenters. The van der Waals surface area contributed by atoms with Crippen molar-refractivity contribution in [3.05, 3.63) is 0 Å². The van der Waals surface area contributed by atoms with Crippen molar-refractivity contribution in [1.82, 2.24) is 5.32 Å². The van der Waals surface area contributed by atoms with Crippen molar-refractivity contribution in [3.63, 3.8) is 0 Å². The van der Waals surface area contributed by atoms with Gasteiger partial charge < -0.3 is 20.6 Å². The summed E-state index contributed by atoms with van der Waals surface area (Å²) in [6.07, 6.45) is 40.6. The van der Waals surface area contributed by atoms with E-state index in [9.17, 15) is 20.1 Å². The summed E-state index contributed by atoms with van der Waals surface area (Å²) in [7, 11) is 0. The molecule has 0 aromatic carbocycles. The molecule has 4 N–H and O–H groups in total. The molecule has 0 rings (SSSR count). The summed E-state index contributed by atoms with van der Waals surface area (Å²) in [6.45, 7) is 4.27. The normalized spacial score (nSPS) is 13.6. The molecule has 0 aliphatic carbocycles. The SMILES string of the molecule is CCCCCCCCCCCCCCCCCCCCCC(O)CC(=O)NC(CO)C(O)CCCCCCCCCCCCCC. The number of unbranched alkanes of at least 4 members (excludes halogenated alkanes) is 29. The number of carbonyl (C=O) groups excluding carboxylic acids is 1. The average molecular weight is 654 g/mol. The summed E-state index contributed by atoms with van der Waals surface area (Å²) >= 11 is 0. The van der Waals surface area contributed by atoms with Gasteiger partial charge in [-0.25, -0.2) is 0 Å². The Morgan fingerprint density at radius 1 is 0.457 bits per heavy atom. The highest BCUT2D eigenvalue weighted by atomic mass is 16.3. The van der Waals surface area contributed by atoms with Crippen molar-refractivity contribution in [2.75, 3.05) is 6.61 Å². The second-order valence-electron chi connectivity index (χ2n) is 14.6. The van der Waals surface area contributed by atoms with E-state index in [0.29, 0.717) is 12.8 Å². The molecule has 1 amide bonds. The van der Waals surface area contributed by atoms with Crippen LogP contribution >= 0.6 is 0 Å². The molecule has 0 fully saturated rings. The van der Waals surface area contributed by atoms with Gasteiger partial charge in [-0.3, -0.25) is 4.79 Å². The minimum atomic E-state index is -0.742. The first kappa shape index (κ1) is 45.3. The van der Waals surface area contributed by atoms with Gasteiger partial charge in [-0.1, -0.05) is 213 Å². The van der Waals surface area contributed by atoms with Crippen molar-refractivity contribution >= 4 is 5.91 Å². The molecule has 0 aliphatic heterocycles. The molecule has 0 aromatic rings. The van der Waals surface area contributed by atoms with Crippen molar-refractivity contribution in [2.24, 2.45) is 0 Å². The number of carbonyl (C=O) groups is 1. The summed E-state index contributed by atoms with van der Waals surface area (Å²) in [6, 6.07) is -0.651. The quantitative estimate of drug-likeness (QED) is 0.0499. The maximum absolute atomic E-state index is 12.4. The molecule has 0 heterocycles. The molecule has 0 spiro atoms. The average Bonchev–Trinajstić information content (AvgIpc) is 3.05. The molecule has 5 heteroatoms. The first-order valence-corrected chi connectivity index (χ1v) is 20.8. The molecule has 0 saturated heterocycles. The maximum Gasteiger partial charge on any atom is 0.222 e. The van der Waals surface area contributed by atoms with Gasteiger partial charge in [0.2, 0.25) is 5.91 Å². The number of rotatable bonds is 38. The summed E-state index contributed by atoms with van der Waals surface area (Å²) in [5.41, 5.74) is 0. The Kier molecular flexibility index (Phi) is 36.6. The van der Waals surface area contributed by atoms with Crippen LogP contribution in [0.4, 0.5) is 0 Å². The van der Waals surface area contributed by atoms with Crippen LogP contribution in [0.3, 0.4) is 0 Å². The van der Waals surface area contributed by atoms with Crippen molar-refractivity contribution < 1.29 is 20.1 Å². The van der Waals surface area contributed by atoms with Crippen LogP contribution in [-0.4, -0.2) is 46.1 Å². The zero-order valence-corrected chi connectivity index (χ0v) is 31.2. The number of aliphatic hydroxyl groups excluding tert-OH is 3. The van der Waals surface area contributed by atoms with Crippen molar-refractivity contribution in [2.45, 2.75) is 250 Å². The molecule has 276 valence electrons. The van der Waals surface area contributed by atoms with Crippen LogP contribution in [-0.2, 0) is 4.79 Å². The van der Waals surface area contributed by atoms with Gasteiger partial charge in [0.25, 0.3) is 0 Å². The van der Waals surface area contributed by atoms with Crippen molar-refractivity contribution in [3.8, 4) is 0 Å². The number of nitrogens with one attached hydrogen (secondary N) is 1. The smallest absolute Gasteiger partial charge is 0.222 e. The lowest BCUT2D eigenvalue weighted by atomic mass is 10.0. The third-order valence-corrected chi connectivity index (χ3v) is 9.92. The van der Waals surface area contributed by atoms with Crippen LogP contribution in [0.1, 0.15) is 232 Å². The van der Waals surface area contributed by atoms with Gasteiger partial charge in [-0.05, 0) is 12.8 Å². The van der Waals surface area contributed by atoms with Crippen LogP contribution in [0, 0.1) is 0 Å². The van der Waals surface area contributed by atoms with Gasteiger partial charge in [0.1, 0.15) is 0 Å². The molecule has 0 bridgehead atoms. The van der Waals surface area contributed by atoms with Crippen LogP contribution in [0.15, 0.2) is 0 Å². The van der Waals surface area contributed by atoms with E-state index >= 15 is 0 Å². The number of aliphatic hydroxyl groups is 3. The first-order chi connectivity index (χ1) is 22.5. The van der Waals surface area contributed by atoms with Gasteiger partial charge in [0.05, 0.1) is 31.3 Å². The molecule has 0 radical (unpaired) electrons. The third kappa shape index (κ3) is 33.3. The van der Waals surface area contributed by atoms with Crippen LogP contribution in [0.5, 0.6) is 0 Å². The van der Waals surface area contributed by atoms with E-state index in [2.05, 4.69) is 19.2 Å². The number of hydrogen-bond donors (Lipinski definition) is 4. The lowest BCUT2D eigenvalue weighted by molar-refractivity contribution is -0.125. The summed E-state index contributed by atoms with van der Waals surface area (Å²) < 4.78 is 0. The zero-order valence-electron chi connectivity index (χ0n) is 31.2. The third-order valence-electron chi connectivity index (χ3n) is 9.92. The summed E-state index contributed by atoms with van der Waals surface area (Å²) in [5.74, 6) is -0.280. The van der Waals surface area contributed by atoms with E-state index in [0.717, 1.165) is 25.7 Å². The first-order valence-electron chi connectivity index (χ1n) is 20.8. The molecule has 46 heavy (non-hydrogen) atoms. The zero-order chi connectivity index (χ0) is 33.8. The highest BCUT2D eigenvalue weighted by molar-refractivity contribution is 5.76. The maximum atomic E-state index is 12.4. The predicted molar refractivity (Wildman–Crippen MR) is 199 cm³/mol. The van der Waals surface area contributed by atoms with Gasteiger partial charge in [-0.15, -0.1) is 0 Å². The Morgan fingerprint density at radius 2 is 0.739 bits per heavy atom. The standard InChI is InChI=1S/C41H83NO4/c1-3-5-7-9-11-13-15-17-18-19-20-21-22-23-24-26-28-30-32-34-38(44)36-41(46)42-39(37-43)40(45)35-33-31-29-27-25-16-14-12-10-8-6-4-2/h38-40,43-45H,3-37H2,1-2H3,(H,42,46). The minimum absolute atomic E-state index is 0.0425. The fourth-order valence-electron chi connectivity index (χ4n) is 6.70. The largest absolute Gasteiger partial charge is 0.394 e. The van der Waals surface area contributed by atoms with Gasteiger partial charge in [-0.2, -0.15) is 0 Å².